The lowest BCUT2D eigenvalue weighted by molar-refractivity contribution is -0.133. The van der Waals surface area contributed by atoms with Crippen LogP contribution in [0.5, 0.6) is 0 Å². The van der Waals surface area contributed by atoms with E-state index in [0.29, 0.717) is 24.0 Å². The van der Waals surface area contributed by atoms with Crippen molar-refractivity contribution in [3.8, 4) is 11.1 Å². The fraction of sp³-hybridized carbons (Fsp3) is 0.182. The monoisotopic (exact) mass is 362 g/mol. The standard InChI is InChI=1S/C22H18O3S/c23-18(15-10-6-11-16(15)22(24)25)13-20-21(14-7-2-1-3-8-14)17-9-4-5-12-19(17)26-20/h1-5,7-9,12H,6,10-11,13H2,(H,24,25). The molecule has 0 amide bonds. The zero-order chi connectivity index (χ0) is 18.1. The summed E-state index contributed by atoms with van der Waals surface area (Å²) in [5, 5.41) is 10.5. The largest absolute Gasteiger partial charge is 0.478 e. The van der Waals surface area contributed by atoms with E-state index in [1.54, 1.807) is 11.3 Å². The van der Waals surface area contributed by atoms with Gasteiger partial charge < -0.3 is 5.11 Å². The van der Waals surface area contributed by atoms with E-state index in [4.69, 9.17) is 0 Å². The van der Waals surface area contributed by atoms with Crippen LogP contribution in [-0.2, 0) is 16.0 Å². The van der Waals surface area contributed by atoms with Gasteiger partial charge in [0, 0.05) is 38.1 Å². The van der Waals surface area contributed by atoms with Crippen molar-refractivity contribution in [1.82, 2.24) is 0 Å². The predicted molar refractivity (Wildman–Crippen MR) is 104 cm³/mol. The molecule has 1 aliphatic rings. The van der Waals surface area contributed by atoms with Gasteiger partial charge in [0.2, 0.25) is 0 Å². The second-order valence-corrected chi connectivity index (χ2v) is 7.61. The van der Waals surface area contributed by atoms with E-state index in [9.17, 15) is 14.7 Å². The number of thiophene rings is 1. The third-order valence-electron chi connectivity index (χ3n) is 4.86. The third-order valence-corrected chi connectivity index (χ3v) is 6.04. The molecule has 0 atom stereocenters. The minimum Gasteiger partial charge on any atom is -0.478 e. The highest BCUT2D eigenvalue weighted by atomic mass is 32.1. The van der Waals surface area contributed by atoms with E-state index >= 15 is 0 Å². The normalized spacial score (nSPS) is 14.2. The van der Waals surface area contributed by atoms with Crippen molar-refractivity contribution in [2.24, 2.45) is 0 Å². The van der Waals surface area contributed by atoms with Gasteiger partial charge in [-0.2, -0.15) is 0 Å². The second kappa shape index (κ2) is 6.89. The highest BCUT2D eigenvalue weighted by Crippen LogP contribution is 2.40. The van der Waals surface area contributed by atoms with Crippen LogP contribution in [0.2, 0.25) is 0 Å². The van der Waals surface area contributed by atoms with Gasteiger partial charge in [-0.05, 0) is 30.9 Å². The Labute approximate surface area is 155 Å². The molecule has 1 heterocycles. The third kappa shape index (κ3) is 2.97. The van der Waals surface area contributed by atoms with Gasteiger partial charge in [-0.1, -0.05) is 48.5 Å². The summed E-state index contributed by atoms with van der Waals surface area (Å²) in [6.45, 7) is 0. The molecule has 0 fully saturated rings. The van der Waals surface area contributed by atoms with Crippen molar-refractivity contribution in [2.45, 2.75) is 25.7 Å². The highest BCUT2D eigenvalue weighted by molar-refractivity contribution is 7.19. The van der Waals surface area contributed by atoms with E-state index in [0.717, 1.165) is 32.5 Å². The summed E-state index contributed by atoms with van der Waals surface area (Å²) in [5.41, 5.74) is 2.99. The van der Waals surface area contributed by atoms with Crippen molar-refractivity contribution in [3.63, 3.8) is 0 Å². The lowest BCUT2D eigenvalue weighted by atomic mass is 9.97. The molecular weight excluding hydrogens is 344 g/mol. The summed E-state index contributed by atoms with van der Waals surface area (Å²) in [5.74, 6) is -1.01. The van der Waals surface area contributed by atoms with Crippen LogP contribution in [0, 0.1) is 0 Å². The molecular formula is C22H18O3S. The van der Waals surface area contributed by atoms with Crippen molar-refractivity contribution in [3.05, 3.63) is 70.6 Å². The molecule has 3 nitrogen and oxygen atoms in total. The van der Waals surface area contributed by atoms with Crippen molar-refractivity contribution in [2.75, 3.05) is 0 Å². The fourth-order valence-electron chi connectivity index (χ4n) is 3.68. The topological polar surface area (TPSA) is 54.4 Å². The number of carboxylic acid groups (broad SMARTS) is 1. The lowest BCUT2D eigenvalue weighted by Crippen LogP contribution is -2.10. The van der Waals surface area contributed by atoms with Gasteiger partial charge in [-0.3, -0.25) is 4.79 Å². The summed E-state index contributed by atoms with van der Waals surface area (Å²) in [4.78, 5) is 25.3. The molecule has 0 bridgehead atoms. The van der Waals surface area contributed by atoms with E-state index in [1.807, 2.05) is 30.3 Å². The molecule has 1 N–H and O–H groups in total. The van der Waals surface area contributed by atoms with Gasteiger partial charge in [0.25, 0.3) is 0 Å². The summed E-state index contributed by atoms with van der Waals surface area (Å²) >= 11 is 1.62. The number of carbonyl (C=O) groups is 2. The van der Waals surface area contributed by atoms with E-state index in [-0.39, 0.29) is 12.2 Å². The van der Waals surface area contributed by atoms with Gasteiger partial charge >= 0.3 is 5.97 Å². The smallest absolute Gasteiger partial charge is 0.331 e. The Morgan fingerprint density at radius 3 is 2.38 bits per heavy atom. The first-order valence-electron chi connectivity index (χ1n) is 8.69. The number of rotatable bonds is 5. The number of hydrogen-bond donors (Lipinski definition) is 1. The molecule has 4 heteroatoms. The van der Waals surface area contributed by atoms with E-state index < -0.39 is 5.97 Å². The molecule has 0 unspecified atom stereocenters. The van der Waals surface area contributed by atoms with Crippen LogP contribution >= 0.6 is 11.3 Å². The molecule has 4 rings (SSSR count). The van der Waals surface area contributed by atoms with E-state index in [1.165, 1.54) is 0 Å². The number of fused-ring (bicyclic) bond motifs is 1. The van der Waals surface area contributed by atoms with Crippen LogP contribution in [0.15, 0.2) is 65.7 Å². The molecule has 1 aromatic heterocycles. The summed E-state index contributed by atoms with van der Waals surface area (Å²) in [6, 6.07) is 18.2. The van der Waals surface area contributed by atoms with Crippen molar-refractivity contribution >= 4 is 33.2 Å². The molecule has 26 heavy (non-hydrogen) atoms. The maximum Gasteiger partial charge on any atom is 0.331 e. The quantitative estimate of drug-likeness (QED) is 0.675. The Hall–Kier alpha value is -2.72. The minimum absolute atomic E-state index is 0.0522. The Bertz CT molecular complexity index is 1030. The zero-order valence-electron chi connectivity index (χ0n) is 14.2. The van der Waals surface area contributed by atoms with Crippen LogP contribution in [0.1, 0.15) is 24.1 Å². The van der Waals surface area contributed by atoms with Gasteiger partial charge in [0.15, 0.2) is 5.78 Å². The average Bonchev–Trinajstić information content (AvgIpc) is 3.27. The summed E-state index contributed by atoms with van der Waals surface area (Å²) in [7, 11) is 0. The Kier molecular flexibility index (Phi) is 4.43. The number of hydrogen-bond acceptors (Lipinski definition) is 3. The predicted octanol–water partition coefficient (Wildman–Crippen LogP) is 5.25. The van der Waals surface area contributed by atoms with Gasteiger partial charge in [-0.25, -0.2) is 4.79 Å². The van der Waals surface area contributed by atoms with Gasteiger partial charge in [0.05, 0.1) is 0 Å². The molecule has 1 aliphatic carbocycles. The second-order valence-electron chi connectivity index (χ2n) is 6.48. The molecule has 130 valence electrons. The first-order valence-corrected chi connectivity index (χ1v) is 9.51. The first-order chi connectivity index (χ1) is 12.6. The molecule has 0 radical (unpaired) electrons. The molecule has 0 aliphatic heterocycles. The zero-order valence-corrected chi connectivity index (χ0v) is 15.0. The molecule has 0 saturated heterocycles. The molecule has 3 aromatic rings. The van der Waals surface area contributed by atoms with Crippen molar-refractivity contribution in [1.29, 1.82) is 0 Å². The molecule has 0 saturated carbocycles. The van der Waals surface area contributed by atoms with Gasteiger partial charge in [-0.15, -0.1) is 11.3 Å². The SMILES string of the molecule is O=C(O)C1=C(C(=O)Cc2sc3ccccc3c2-c2ccccc2)CCC1. The fourth-order valence-corrected chi connectivity index (χ4v) is 4.91. The Balaban J connectivity index is 1.79. The summed E-state index contributed by atoms with van der Waals surface area (Å²) in [6.07, 6.45) is 2.08. The van der Waals surface area contributed by atoms with Gasteiger partial charge in [0.1, 0.15) is 0 Å². The molecule has 2 aromatic carbocycles. The Morgan fingerprint density at radius 1 is 0.923 bits per heavy atom. The number of Topliss-reactive ketones (excluding diaryl/α,β-unsaturated/α-hetero) is 1. The number of ketones is 1. The number of carbonyl (C=O) groups excluding carboxylic acids is 1. The van der Waals surface area contributed by atoms with Crippen LogP contribution in [-0.4, -0.2) is 16.9 Å². The molecule has 0 spiro atoms. The maximum atomic E-state index is 12.9. The lowest BCUT2D eigenvalue weighted by Gasteiger charge is -2.07. The summed E-state index contributed by atoms with van der Waals surface area (Å²) < 4.78 is 1.15. The maximum absolute atomic E-state index is 12.9. The number of carboxylic acids is 1. The number of allylic oxidation sites excluding steroid dienone is 1. The van der Waals surface area contributed by atoms with Crippen LogP contribution < -0.4 is 0 Å². The van der Waals surface area contributed by atoms with E-state index in [2.05, 4.69) is 24.3 Å². The van der Waals surface area contributed by atoms with Crippen LogP contribution in [0.25, 0.3) is 21.2 Å². The first kappa shape index (κ1) is 16.7. The minimum atomic E-state index is -0.953. The van der Waals surface area contributed by atoms with Crippen LogP contribution in [0.3, 0.4) is 0 Å². The number of aliphatic carboxylic acids is 1. The Morgan fingerprint density at radius 2 is 1.62 bits per heavy atom. The average molecular weight is 362 g/mol. The van der Waals surface area contributed by atoms with Crippen LogP contribution in [0.4, 0.5) is 0 Å². The van der Waals surface area contributed by atoms with Crippen molar-refractivity contribution < 1.29 is 14.7 Å². The number of benzene rings is 2. The highest BCUT2D eigenvalue weighted by Gasteiger charge is 2.26.